The van der Waals surface area contributed by atoms with Gasteiger partial charge in [-0.25, -0.2) is 0 Å². The zero-order chi connectivity index (χ0) is 6.62. The van der Waals surface area contributed by atoms with Crippen molar-refractivity contribution >= 4 is 12.4 Å². The molecule has 0 aromatic rings. The zero-order valence-electron chi connectivity index (χ0n) is 6.05. The third-order valence-corrected chi connectivity index (χ3v) is 0.979. The van der Waals surface area contributed by atoms with E-state index in [-0.39, 0.29) is 24.6 Å². The molecule has 0 aromatic heterocycles. The summed E-state index contributed by atoms with van der Waals surface area (Å²) >= 11 is 0. The molecule has 0 aliphatic rings. The highest BCUT2D eigenvalue weighted by Gasteiger charge is 2.07. The van der Waals surface area contributed by atoms with Crippen LogP contribution in [0.4, 0.5) is 0 Å². The molecule has 0 saturated carbocycles. The van der Waals surface area contributed by atoms with E-state index in [9.17, 15) is 0 Å². The predicted molar refractivity (Wildman–Crippen MR) is 41.8 cm³/mol. The Hall–Kier alpha value is 0.210. The summed E-state index contributed by atoms with van der Waals surface area (Å²) in [6, 6.07) is 0. The Morgan fingerprint density at radius 1 is 1.44 bits per heavy atom. The van der Waals surface area contributed by atoms with E-state index in [4.69, 9.17) is 10.8 Å². The smallest absolute Gasteiger partial charge is 0.0431 e. The Labute approximate surface area is 62.9 Å². The van der Waals surface area contributed by atoms with Gasteiger partial charge in [-0.05, 0) is 26.7 Å². The van der Waals surface area contributed by atoms with Gasteiger partial charge in [-0.2, -0.15) is 0 Å². The molecule has 0 unspecified atom stereocenters. The monoisotopic (exact) mass is 153 g/mol. The van der Waals surface area contributed by atoms with Gasteiger partial charge in [-0.15, -0.1) is 12.4 Å². The van der Waals surface area contributed by atoms with Crippen LogP contribution in [0.5, 0.6) is 0 Å². The SMILES string of the molecule is CC(C)(N)CCCO.Cl. The van der Waals surface area contributed by atoms with Crippen molar-refractivity contribution in [1.29, 1.82) is 0 Å². The lowest BCUT2D eigenvalue weighted by Gasteiger charge is -2.16. The Kier molecular flexibility index (Phi) is 6.68. The molecule has 3 N–H and O–H groups in total. The molecular weight excluding hydrogens is 138 g/mol. The van der Waals surface area contributed by atoms with E-state index in [0.717, 1.165) is 12.8 Å². The largest absolute Gasteiger partial charge is 0.396 e. The van der Waals surface area contributed by atoms with Crippen LogP contribution < -0.4 is 5.73 Å². The van der Waals surface area contributed by atoms with E-state index in [1.807, 2.05) is 13.8 Å². The lowest BCUT2D eigenvalue weighted by molar-refractivity contribution is 0.269. The molecule has 0 heterocycles. The van der Waals surface area contributed by atoms with Gasteiger partial charge in [0.1, 0.15) is 0 Å². The van der Waals surface area contributed by atoms with Crippen LogP contribution in [0.2, 0.25) is 0 Å². The number of hydrogen-bond donors (Lipinski definition) is 2. The van der Waals surface area contributed by atoms with Gasteiger partial charge in [-0.1, -0.05) is 0 Å². The van der Waals surface area contributed by atoms with Gasteiger partial charge in [0.15, 0.2) is 0 Å². The molecule has 0 aliphatic carbocycles. The summed E-state index contributed by atoms with van der Waals surface area (Å²) in [6.45, 7) is 4.17. The second-order valence-corrected chi connectivity index (χ2v) is 2.82. The third-order valence-electron chi connectivity index (χ3n) is 0.979. The molecular formula is C6H16ClNO. The lowest BCUT2D eigenvalue weighted by atomic mass is 10.0. The van der Waals surface area contributed by atoms with Crippen LogP contribution in [0.1, 0.15) is 26.7 Å². The van der Waals surface area contributed by atoms with Crippen LogP contribution in [-0.2, 0) is 0 Å². The van der Waals surface area contributed by atoms with Gasteiger partial charge in [0.25, 0.3) is 0 Å². The fourth-order valence-electron chi connectivity index (χ4n) is 0.535. The zero-order valence-corrected chi connectivity index (χ0v) is 6.87. The van der Waals surface area contributed by atoms with Crippen molar-refractivity contribution in [2.45, 2.75) is 32.2 Å². The molecule has 9 heavy (non-hydrogen) atoms. The van der Waals surface area contributed by atoms with Gasteiger partial charge in [0, 0.05) is 12.1 Å². The van der Waals surface area contributed by atoms with Crippen molar-refractivity contribution in [3.05, 3.63) is 0 Å². The topological polar surface area (TPSA) is 46.2 Å². The van der Waals surface area contributed by atoms with E-state index < -0.39 is 0 Å². The molecule has 3 heteroatoms. The molecule has 0 aromatic carbocycles. The first-order valence-electron chi connectivity index (χ1n) is 2.96. The van der Waals surface area contributed by atoms with Gasteiger partial charge >= 0.3 is 0 Å². The van der Waals surface area contributed by atoms with Crippen molar-refractivity contribution in [2.75, 3.05) is 6.61 Å². The Morgan fingerprint density at radius 2 is 1.89 bits per heavy atom. The minimum atomic E-state index is -0.108. The fourth-order valence-corrected chi connectivity index (χ4v) is 0.535. The highest BCUT2D eigenvalue weighted by Crippen LogP contribution is 2.04. The standard InChI is InChI=1S/C6H15NO.ClH/c1-6(2,7)4-3-5-8;/h8H,3-5,7H2,1-2H3;1H. The van der Waals surface area contributed by atoms with E-state index in [1.54, 1.807) is 0 Å². The van der Waals surface area contributed by atoms with E-state index >= 15 is 0 Å². The Balaban J connectivity index is 0. The van der Waals surface area contributed by atoms with Crippen molar-refractivity contribution < 1.29 is 5.11 Å². The molecule has 2 nitrogen and oxygen atoms in total. The van der Waals surface area contributed by atoms with Crippen molar-refractivity contribution in [3.8, 4) is 0 Å². The highest BCUT2D eigenvalue weighted by molar-refractivity contribution is 5.85. The number of aliphatic hydroxyl groups excluding tert-OH is 1. The molecule has 0 amide bonds. The minimum absolute atomic E-state index is 0. The van der Waals surface area contributed by atoms with Crippen LogP contribution in [-0.4, -0.2) is 17.3 Å². The number of nitrogens with two attached hydrogens (primary N) is 1. The van der Waals surface area contributed by atoms with Crippen molar-refractivity contribution in [3.63, 3.8) is 0 Å². The summed E-state index contributed by atoms with van der Waals surface area (Å²) in [4.78, 5) is 0. The molecule has 0 radical (unpaired) electrons. The Morgan fingerprint density at radius 3 is 2.00 bits per heavy atom. The predicted octanol–water partition coefficient (Wildman–Crippen LogP) is 0.918. The molecule has 0 saturated heterocycles. The number of hydrogen-bond acceptors (Lipinski definition) is 2. The van der Waals surface area contributed by atoms with Gasteiger partial charge in [0.05, 0.1) is 0 Å². The van der Waals surface area contributed by atoms with Gasteiger partial charge in [-0.3, -0.25) is 0 Å². The summed E-state index contributed by atoms with van der Waals surface area (Å²) in [6.07, 6.45) is 1.70. The van der Waals surface area contributed by atoms with Crippen molar-refractivity contribution in [2.24, 2.45) is 5.73 Å². The first-order chi connectivity index (χ1) is 3.56. The third kappa shape index (κ3) is 11.7. The second-order valence-electron chi connectivity index (χ2n) is 2.82. The molecule has 0 fully saturated rings. The quantitative estimate of drug-likeness (QED) is 0.634. The Bertz CT molecular complexity index is 60.6. The maximum absolute atomic E-state index is 8.37. The normalized spacial score (nSPS) is 10.7. The number of aliphatic hydroxyl groups is 1. The number of halogens is 1. The minimum Gasteiger partial charge on any atom is -0.396 e. The number of rotatable bonds is 3. The highest BCUT2D eigenvalue weighted by atomic mass is 35.5. The van der Waals surface area contributed by atoms with Crippen LogP contribution in [0.3, 0.4) is 0 Å². The molecule has 58 valence electrons. The molecule has 0 rings (SSSR count). The maximum atomic E-state index is 8.37. The maximum Gasteiger partial charge on any atom is 0.0431 e. The second kappa shape index (κ2) is 5.03. The van der Waals surface area contributed by atoms with Crippen LogP contribution in [0.15, 0.2) is 0 Å². The molecule has 0 atom stereocenters. The summed E-state index contributed by atoms with van der Waals surface area (Å²) in [5, 5.41) is 8.37. The van der Waals surface area contributed by atoms with Crippen LogP contribution >= 0.6 is 12.4 Å². The summed E-state index contributed by atoms with van der Waals surface area (Å²) in [5.41, 5.74) is 5.50. The molecule has 0 bridgehead atoms. The van der Waals surface area contributed by atoms with E-state index in [1.165, 1.54) is 0 Å². The lowest BCUT2D eigenvalue weighted by Crippen LogP contribution is -2.31. The first-order valence-corrected chi connectivity index (χ1v) is 2.96. The molecule has 0 spiro atoms. The summed E-state index contributed by atoms with van der Waals surface area (Å²) in [7, 11) is 0. The first kappa shape index (κ1) is 11.9. The fraction of sp³-hybridized carbons (Fsp3) is 1.00. The van der Waals surface area contributed by atoms with Gasteiger partial charge in [0.2, 0.25) is 0 Å². The average Bonchev–Trinajstić information content (AvgIpc) is 1.59. The summed E-state index contributed by atoms with van der Waals surface area (Å²) < 4.78 is 0. The van der Waals surface area contributed by atoms with Crippen molar-refractivity contribution in [1.82, 2.24) is 0 Å². The average molecular weight is 154 g/mol. The van der Waals surface area contributed by atoms with Crippen LogP contribution in [0.25, 0.3) is 0 Å². The van der Waals surface area contributed by atoms with E-state index in [0.29, 0.717) is 0 Å². The van der Waals surface area contributed by atoms with Crippen LogP contribution in [0, 0.1) is 0 Å². The molecule has 0 aliphatic heterocycles. The van der Waals surface area contributed by atoms with E-state index in [2.05, 4.69) is 0 Å². The summed E-state index contributed by atoms with van der Waals surface area (Å²) in [5.74, 6) is 0. The van der Waals surface area contributed by atoms with Gasteiger partial charge < -0.3 is 10.8 Å².